The first-order valence-electron chi connectivity index (χ1n) is 12.9. The van der Waals surface area contributed by atoms with Gasteiger partial charge in [0.2, 0.25) is 0 Å². The molecule has 0 aromatic rings. The molecule has 0 aromatic carbocycles. The monoisotopic (exact) mass is 410 g/mol. The number of nitriles is 1. The Bertz CT molecular complexity index is 297. The molecule has 0 N–H and O–H groups in total. The van der Waals surface area contributed by atoms with Crippen LogP contribution in [-0.2, 0) is 0 Å². The van der Waals surface area contributed by atoms with Crippen molar-refractivity contribution in [1.82, 2.24) is 0 Å². The third-order valence-corrected chi connectivity index (χ3v) is 6.15. The van der Waals surface area contributed by atoms with Crippen molar-refractivity contribution in [3.8, 4) is 6.26 Å². The zero-order valence-corrected chi connectivity index (χ0v) is 20.7. The molecule has 0 aromatic heterocycles. The molecule has 0 rings (SSSR count). The average molecular weight is 411 g/mol. The highest BCUT2D eigenvalue weighted by Crippen LogP contribution is 2.16. The first-order valence-corrected chi connectivity index (χ1v) is 12.9. The second-order valence-corrected chi connectivity index (χ2v) is 9.18. The Labute approximate surface area is 184 Å². The van der Waals surface area contributed by atoms with E-state index in [4.69, 9.17) is 10.4 Å². The lowest BCUT2D eigenvalue weighted by Crippen LogP contribution is -2.46. The van der Waals surface area contributed by atoms with Crippen LogP contribution in [0.15, 0.2) is 0 Å². The topological polar surface area (TPSA) is 46.8 Å². The van der Waals surface area contributed by atoms with Gasteiger partial charge in [-0.05, 0) is 38.5 Å². The largest absolute Gasteiger partial charge is 0.812 e. The van der Waals surface area contributed by atoms with E-state index in [1.807, 2.05) is 0 Å². The summed E-state index contributed by atoms with van der Waals surface area (Å²) in [7, 11) is 2.56. The van der Waals surface area contributed by atoms with E-state index < -0.39 is 0 Å². The lowest BCUT2D eigenvalue weighted by Gasteiger charge is -2.35. The highest BCUT2D eigenvalue weighted by atomic mass is 16.2. The summed E-state index contributed by atoms with van der Waals surface area (Å²) in [5, 5.41) is 15.0. The minimum atomic E-state index is 0.500. The van der Waals surface area contributed by atoms with Crippen molar-refractivity contribution >= 4 is 0 Å². The van der Waals surface area contributed by atoms with Crippen LogP contribution in [0.2, 0.25) is 0 Å². The van der Waals surface area contributed by atoms with Gasteiger partial charge >= 0.3 is 0 Å². The van der Waals surface area contributed by atoms with Crippen LogP contribution in [-0.4, -0.2) is 31.2 Å². The number of nitrogens with zero attached hydrogens (tertiary/aromatic N) is 2. The van der Waals surface area contributed by atoms with Gasteiger partial charge in [0.15, 0.2) is 0 Å². The standard InChI is InChI=1S/C25H54N.CHNO/c1-5-8-11-14-17-20-23-26(4,24-21-18-15-12-9-6-2)25-22-19-16-13-10-7-3;2-1-3/h5-25H2,1-4H3;3H/q+1;/p-1. The molecule has 0 spiro atoms. The summed E-state index contributed by atoms with van der Waals surface area (Å²) in [6.45, 7) is 11.2. The lowest BCUT2D eigenvalue weighted by molar-refractivity contribution is -0.910. The van der Waals surface area contributed by atoms with Gasteiger partial charge in [-0.1, -0.05) is 97.8 Å². The van der Waals surface area contributed by atoms with Crippen molar-refractivity contribution in [3.05, 3.63) is 0 Å². The molecular formula is C26H54N2O. The summed E-state index contributed by atoms with van der Waals surface area (Å²) in [4.78, 5) is 0. The third-order valence-electron chi connectivity index (χ3n) is 6.15. The molecule has 0 heterocycles. The number of unbranched alkanes of at least 4 members (excludes halogenated alkanes) is 15. The van der Waals surface area contributed by atoms with Gasteiger partial charge in [0.1, 0.15) is 0 Å². The van der Waals surface area contributed by atoms with Gasteiger partial charge < -0.3 is 9.59 Å². The van der Waals surface area contributed by atoms with E-state index in [1.165, 1.54) is 140 Å². The van der Waals surface area contributed by atoms with Crippen LogP contribution < -0.4 is 5.11 Å². The number of hydrogen-bond acceptors (Lipinski definition) is 2. The van der Waals surface area contributed by atoms with Gasteiger partial charge in [0.25, 0.3) is 0 Å². The molecular weight excluding hydrogens is 356 g/mol. The maximum Gasteiger partial charge on any atom is 0.0784 e. The molecule has 0 bridgehead atoms. The van der Waals surface area contributed by atoms with E-state index in [9.17, 15) is 0 Å². The van der Waals surface area contributed by atoms with Crippen LogP contribution in [0.1, 0.15) is 136 Å². The molecule has 0 fully saturated rings. The van der Waals surface area contributed by atoms with Gasteiger partial charge in [-0.15, -0.1) is 0 Å². The number of hydrogen-bond donors (Lipinski definition) is 0. The summed E-state index contributed by atoms with van der Waals surface area (Å²) in [6, 6.07) is 0. The van der Waals surface area contributed by atoms with Gasteiger partial charge in [-0.2, -0.15) is 0 Å². The SMILES string of the molecule is CCCCCCCC[N+](C)(CCCCCCCC)CCCCCCCC.N#C[O-]. The van der Waals surface area contributed by atoms with E-state index in [1.54, 1.807) is 0 Å². The van der Waals surface area contributed by atoms with Gasteiger partial charge in [0.05, 0.1) is 26.7 Å². The molecule has 0 saturated carbocycles. The second kappa shape index (κ2) is 25.3. The first-order chi connectivity index (χ1) is 14.1. The first kappa shape index (κ1) is 30.4. The molecule has 0 aliphatic rings. The van der Waals surface area contributed by atoms with Gasteiger partial charge in [-0.3, -0.25) is 0 Å². The Morgan fingerprint density at radius 2 is 0.724 bits per heavy atom. The van der Waals surface area contributed by atoms with Crippen LogP contribution in [0.3, 0.4) is 0 Å². The zero-order chi connectivity index (χ0) is 22.1. The summed E-state index contributed by atoms with van der Waals surface area (Å²) in [5.41, 5.74) is 0. The Kier molecular flexibility index (Phi) is 26.5. The zero-order valence-electron chi connectivity index (χ0n) is 20.7. The molecule has 0 unspecified atom stereocenters. The molecule has 0 aliphatic carbocycles. The molecule has 174 valence electrons. The normalized spacial score (nSPS) is 11.0. The average Bonchev–Trinajstić information content (AvgIpc) is 2.71. The Morgan fingerprint density at radius 3 is 0.966 bits per heavy atom. The number of rotatable bonds is 21. The van der Waals surface area contributed by atoms with Crippen LogP contribution >= 0.6 is 0 Å². The van der Waals surface area contributed by atoms with E-state index in [2.05, 4.69) is 27.8 Å². The summed E-state index contributed by atoms with van der Waals surface area (Å²) in [6.07, 6.45) is 26.4. The van der Waals surface area contributed by atoms with E-state index in [-0.39, 0.29) is 0 Å². The van der Waals surface area contributed by atoms with Crippen LogP contribution in [0.5, 0.6) is 0 Å². The minimum absolute atomic E-state index is 0.500. The fraction of sp³-hybridized carbons (Fsp3) is 0.962. The van der Waals surface area contributed by atoms with Gasteiger partial charge in [0, 0.05) is 6.26 Å². The van der Waals surface area contributed by atoms with Crippen molar-refractivity contribution in [2.75, 3.05) is 26.7 Å². The maximum absolute atomic E-state index is 8.24. The van der Waals surface area contributed by atoms with Crippen molar-refractivity contribution in [2.24, 2.45) is 0 Å². The van der Waals surface area contributed by atoms with E-state index in [0.717, 1.165) is 0 Å². The predicted octanol–water partition coefficient (Wildman–Crippen LogP) is 7.34. The fourth-order valence-corrected chi connectivity index (χ4v) is 4.16. The predicted molar refractivity (Wildman–Crippen MR) is 127 cm³/mol. The molecule has 0 amide bonds. The highest BCUT2D eigenvalue weighted by Gasteiger charge is 2.20. The summed E-state index contributed by atoms with van der Waals surface area (Å²) < 4.78 is 1.36. The summed E-state index contributed by atoms with van der Waals surface area (Å²) >= 11 is 0. The Hall–Kier alpha value is -0.750. The van der Waals surface area contributed by atoms with E-state index in [0.29, 0.717) is 6.26 Å². The minimum Gasteiger partial charge on any atom is -0.812 e. The fourth-order valence-electron chi connectivity index (χ4n) is 4.16. The molecule has 0 radical (unpaired) electrons. The van der Waals surface area contributed by atoms with Crippen LogP contribution in [0.25, 0.3) is 0 Å². The van der Waals surface area contributed by atoms with Crippen molar-refractivity contribution in [2.45, 2.75) is 136 Å². The van der Waals surface area contributed by atoms with Crippen LogP contribution in [0, 0.1) is 11.5 Å². The van der Waals surface area contributed by atoms with Crippen LogP contribution in [0.4, 0.5) is 0 Å². The van der Waals surface area contributed by atoms with Crippen molar-refractivity contribution < 1.29 is 9.59 Å². The van der Waals surface area contributed by atoms with Crippen molar-refractivity contribution in [3.63, 3.8) is 0 Å². The second-order valence-electron chi connectivity index (χ2n) is 9.18. The Morgan fingerprint density at radius 1 is 0.517 bits per heavy atom. The third kappa shape index (κ3) is 25.2. The van der Waals surface area contributed by atoms with Crippen molar-refractivity contribution in [1.29, 1.82) is 5.26 Å². The quantitative estimate of drug-likeness (QED) is 0.113. The molecule has 3 nitrogen and oxygen atoms in total. The van der Waals surface area contributed by atoms with Gasteiger partial charge in [-0.25, -0.2) is 5.26 Å². The Balaban J connectivity index is 0. The molecule has 29 heavy (non-hydrogen) atoms. The smallest absolute Gasteiger partial charge is 0.0784 e. The van der Waals surface area contributed by atoms with E-state index >= 15 is 0 Å². The number of quaternary nitrogens is 1. The highest BCUT2D eigenvalue weighted by molar-refractivity contribution is 4.51. The lowest BCUT2D eigenvalue weighted by atomic mass is 10.1. The summed E-state index contributed by atoms with van der Waals surface area (Å²) in [5.74, 6) is 0. The maximum atomic E-state index is 8.24. The molecule has 3 heteroatoms. The molecule has 0 saturated heterocycles. The molecule has 0 aliphatic heterocycles. The molecule has 0 atom stereocenters.